The molecule has 2 N–H and O–H groups in total. The number of rotatable bonds is 5. The molecule has 28 heavy (non-hydrogen) atoms. The van der Waals surface area contributed by atoms with Crippen LogP contribution in [0.1, 0.15) is 23.0 Å². The van der Waals surface area contributed by atoms with Gasteiger partial charge in [0.15, 0.2) is 6.61 Å². The number of fused-ring (bicyclic) bond motifs is 1. The normalized spacial score (nSPS) is 10.1. The molecule has 2 amide bonds. The molecule has 2 aromatic carbocycles. The molecule has 0 unspecified atom stereocenters. The molecule has 0 saturated carbocycles. The molecule has 0 saturated heterocycles. The standard InChI is InChI=1S/C20H15N3O5/c1-12(24)22-14-8-6-13(7-9-14)20(26)27-11-18(25)23-19-15-4-2-3-5-16(15)28-17(19)10-21/h2-9H,11H2,1H3,(H,22,24)(H,23,25). The van der Waals surface area contributed by atoms with Gasteiger partial charge in [-0.05, 0) is 36.4 Å². The second kappa shape index (κ2) is 8.05. The Morgan fingerprint density at radius 1 is 1.07 bits per heavy atom. The van der Waals surface area contributed by atoms with Crippen LogP contribution in [0.2, 0.25) is 0 Å². The molecule has 8 heteroatoms. The largest absolute Gasteiger partial charge is 0.452 e. The summed E-state index contributed by atoms with van der Waals surface area (Å²) in [6.07, 6.45) is 0. The van der Waals surface area contributed by atoms with Gasteiger partial charge in [-0.3, -0.25) is 9.59 Å². The van der Waals surface area contributed by atoms with E-state index in [4.69, 9.17) is 14.4 Å². The number of nitriles is 1. The summed E-state index contributed by atoms with van der Waals surface area (Å²) in [5.74, 6) is -1.56. The van der Waals surface area contributed by atoms with Gasteiger partial charge < -0.3 is 19.8 Å². The van der Waals surface area contributed by atoms with Gasteiger partial charge in [0.1, 0.15) is 17.3 Å². The Hall–Kier alpha value is -4.12. The number of benzene rings is 2. The molecule has 0 aliphatic rings. The summed E-state index contributed by atoms with van der Waals surface area (Å²) in [5, 5.41) is 14.9. The number of nitrogens with one attached hydrogen (secondary N) is 2. The fourth-order valence-corrected chi connectivity index (χ4v) is 2.53. The van der Waals surface area contributed by atoms with Crippen molar-refractivity contribution in [3.8, 4) is 6.07 Å². The first kappa shape index (κ1) is 18.7. The Bertz CT molecular complexity index is 1090. The molecular weight excluding hydrogens is 362 g/mol. The molecule has 0 atom stereocenters. The third kappa shape index (κ3) is 4.16. The van der Waals surface area contributed by atoms with Crippen LogP contribution in [0.25, 0.3) is 11.0 Å². The van der Waals surface area contributed by atoms with Crippen LogP contribution in [0.4, 0.5) is 11.4 Å². The van der Waals surface area contributed by atoms with E-state index in [1.54, 1.807) is 36.4 Å². The van der Waals surface area contributed by atoms with Crippen LogP contribution in [-0.2, 0) is 14.3 Å². The molecule has 0 fully saturated rings. The second-order valence-electron chi connectivity index (χ2n) is 5.80. The van der Waals surface area contributed by atoms with Crippen LogP contribution >= 0.6 is 0 Å². The summed E-state index contributed by atoms with van der Waals surface area (Å²) in [7, 11) is 0. The van der Waals surface area contributed by atoms with Crippen molar-refractivity contribution in [3.63, 3.8) is 0 Å². The average Bonchev–Trinajstić information content (AvgIpc) is 3.04. The Morgan fingerprint density at radius 3 is 2.46 bits per heavy atom. The van der Waals surface area contributed by atoms with Crippen LogP contribution in [0, 0.1) is 11.3 Å². The second-order valence-corrected chi connectivity index (χ2v) is 5.80. The maximum atomic E-state index is 12.1. The van der Waals surface area contributed by atoms with Crippen molar-refractivity contribution < 1.29 is 23.5 Å². The maximum absolute atomic E-state index is 12.1. The molecule has 0 spiro atoms. The van der Waals surface area contributed by atoms with Gasteiger partial charge in [-0.2, -0.15) is 5.26 Å². The zero-order valence-electron chi connectivity index (χ0n) is 14.8. The van der Waals surface area contributed by atoms with Gasteiger partial charge in [-0.1, -0.05) is 12.1 Å². The zero-order chi connectivity index (χ0) is 20.1. The molecule has 8 nitrogen and oxygen atoms in total. The van der Waals surface area contributed by atoms with E-state index in [-0.39, 0.29) is 22.9 Å². The minimum absolute atomic E-state index is 0.0329. The van der Waals surface area contributed by atoms with E-state index in [0.717, 1.165) is 0 Å². The minimum atomic E-state index is -0.693. The van der Waals surface area contributed by atoms with Crippen molar-refractivity contribution in [1.29, 1.82) is 5.26 Å². The number of carbonyl (C=O) groups is 3. The molecule has 0 aliphatic carbocycles. The van der Waals surface area contributed by atoms with Crippen molar-refractivity contribution in [1.82, 2.24) is 0 Å². The van der Waals surface area contributed by atoms with Gasteiger partial charge in [0, 0.05) is 18.0 Å². The topological polar surface area (TPSA) is 121 Å². The van der Waals surface area contributed by atoms with Crippen LogP contribution in [0.5, 0.6) is 0 Å². The molecule has 0 radical (unpaired) electrons. The predicted molar refractivity (Wildman–Crippen MR) is 101 cm³/mol. The number of ether oxygens (including phenoxy) is 1. The van der Waals surface area contributed by atoms with E-state index in [9.17, 15) is 14.4 Å². The predicted octanol–water partition coefficient (Wildman–Crippen LogP) is 3.06. The van der Waals surface area contributed by atoms with E-state index in [1.165, 1.54) is 19.1 Å². The van der Waals surface area contributed by atoms with Crippen molar-refractivity contribution in [2.45, 2.75) is 6.92 Å². The number of hydrogen-bond donors (Lipinski definition) is 2. The molecule has 140 valence electrons. The Balaban J connectivity index is 1.62. The fraction of sp³-hybridized carbons (Fsp3) is 0.100. The summed E-state index contributed by atoms with van der Waals surface area (Å²) < 4.78 is 10.4. The van der Waals surface area contributed by atoms with Crippen LogP contribution in [0.3, 0.4) is 0 Å². The average molecular weight is 377 g/mol. The summed E-state index contributed by atoms with van der Waals surface area (Å²) >= 11 is 0. The summed E-state index contributed by atoms with van der Waals surface area (Å²) in [5.41, 5.74) is 1.47. The number of amides is 2. The Morgan fingerprint density at radius 2 is 1.79 bits per heavy atom. The van der Waals surface area contributed by atoms with Crippen LogP contribution < -0.4 is 10.6 Å². The number of para-hydroxylation sites is 1. The van der Waals surface area contributed by atoms with E-state index in [1.807, 2.05) is 6.07 Å². The van der Waals surface area contributed by atoms with Gasteiger partial charge in [0.05, 0.1) is 5.56 Å². The maximum Gasteiger partial charge on any atom is 0.338 e. The Kier molecular flexibility index (Phi) is 5.37. The molecule has 1 heterocycles. The zero-order valence-corrected chi connectivity index (χ0v) is 14.8. The molecule has 3 rings (SSSR count). The highest BCUT2D eigenvalue weighted by Crippen LogP contribution is 2.30. The van der Waals surface area contributed by atoms with Crippen molar-refractivity contribution >= 4 is 40.1 Å². The van der Waals surface area contributed by atoms with Crippen molar-refractivity contribution in [3.05, 3.63) is 59.9 Å². The number of hydrogen-bond acceptors (Lipinski definition) is 6. The molecule has 1 aromatic heterocycles. The van der Waals surface area contributed by atoms with E-state index in [0.29, 0.717) is 16.7 Å². The lowest BCUT2D eigenvalue weighted by Crippen LogP contribution is -2.21. The summed E-state index contributed by atoms with van der Waals surface area (Å²) in [6.45, 7) is 0.846. The van der Waals surface area contributed by atoms with Crippen molar-refractivity contribution in [2.24, 2.45) is 0 Å². The highest BCUT2D eigenvalue weighted by Gasteiger charge is 2.17. The third-order valence-corrected chi connectivity index (χ3v) is 3.74. The van der Waals surface area contributed by atoms with E-state index < -0.39 is 18.5 Å². The van der Waals surface area contributed by atoms with E-state index >= 15 is 0 Å². The fourth-order valence-electron chi connectivity index (χ4n) is 2.53. The van der Waals surface area contributed by atoms with Gasteiger partial charge in [0.25, 0.3) is 5.91 Å². The lowest BCUT2D eigenvalue weighted by Gasteiger charge is -2.07. The lowest BCUT2D eigenvalue weighted by atomic mass is 10.2. The number of anilines is 2. The number of carbonyl (C=O) groups excluding carboxylic acids is 3. The highest BCUT2D eigenvalue weighted by molar-refractivity contribution is 6.04. The molecule has 0 bridgehead atoms. The third-order valence-electron chi connectivity index (χ3n) is 3.74. The van der Waals surface area contributed by atoms with Crippen LogP contribution in [-0.4, -0.2) is 24.4 Å². The lowest BCUT2D eigenvalue weighted by molar-refractivity contribution is -0.119. The summed E-state index contributed by atoms with van der Waals surface area (Å²) in [4.78, 5) is 35.2. The first-order valence-electron chi connectivity index (χ1n) is 8.24. The molecule has 3 aromatic rings. The Labute approximate surface area is 159 Å². The first-order valence-corrected chi connectivity index (χ1v) is 8.24. The highest BCUT2D eigenvalue weighted by atomic mass is 16.5. The van der Waals surface area contributed by atoms with Gasteiger partial charge in [-0.25, -0.2) is 4.79 Å². The number of furan rings is 1. The summed E-state index contributed by atoms with van der Waals surface area (Å²) in [6, 6.07) is 14.8. The van der Waals surface area contributed by atoms with Gasteiger partial charge in [-0.15, -0.1) is 0 Å². The smallest absolute Gasteiger partial charge is 0.338 e. The number of esters is 1. The SMILES string of the molecule is CC(=O)Nc1ccc(C(=O)OCC(=O)Nc2c(C#N)oc3ccccc23)cc1. The minimum Gasteiger partial charge on any atom is -0.452 e. The van der Waals surface area contributed by atoms with Crippen molar-refractivity contribution in [2.75, 3.05) is 17.2 Å². The molecular formula is C20H15N3O5. The monoisotopic (exact) mass is 377 g/mol. The van der Waals surface area contributed by atoms with Crippen LogP contribution in [0.15, 0.2) is 52.9 Å². The first-order chi connectivity index (χ1) is 13.5. The van der Waals surface area contributed by atoms with E-state index in [2.05, 4.69) is 10.6 Å². The quantitative estimate of drug-likeness (QED) is 0.659. The van der Waals surface area contributed by atoms with Gasteiger partial charge in [0.2, 0.25) is 11.7 Å². The molecule has 0 aliphatic heterocycles. The number of nitrogens with zero attached hydrogens (tertiary/aromatic N) is 1. The van der Waals surface area contributed by atoms with Gasteiger partial charge >= 0.3 is 5.97 Å².